The third kappa shape index (κ3) is 10.5. The van der Waals surface area contributed by atoms with E-state index in [0.29, 0.717) is 0 Å². The molecule has 0 spiro atoms. The van der Waals surface area contributed by atoms with Gasteiger partial charge in [-0.25, -0.2) is 4.79 Å². The first-order valence-electron chi connectivity index (χ1n) is 11.1. The van der Waals surface area contributed by atoms with E-state index in [1.54, 1.807) is 13.0 Å². The molecule has 1 aromatic rings. The van der Waals surface area contributed by atoms with Gasteiger partial charge in [0, 0.05) is 13.0 Å². The molecule has 2 N–H and O–H groups in total. The molecule has 0 radical (unpaired) electrons. The number of esters is 1. The van der Waals surface area contributed by atoms with E-state index in [0.717, 1.165) is 25.0 Å². The summed E-state index contributed by atoms with van der Waals surface area (Å²) in [6, 6.07) is 0.428. The molecule has 1 amide bonds. The molecule has 0 saturated carbocycles. The topological polar surface area (TPSA) is 102 Å². The number of hydrogen-bond donors (Lipinski definition) is 2. The second-order valence-corrected chi connectivity index (χ2v) is 7.53. The van der Waals surface area contributed by atoms with Crippen LogP contribution in [0.15, 0.2) is 10.6 Å². The summed E-state index contributed by atoms with van der Waals surface area (Å²) in [7, 11) is 0. The van der Waals surface area contributed by atoms with Gasteiger partial charge >= 0.3 is 5.97 Å². The standard InChI is InChI=1S/C22H38N2O5/c1-4-6-7-8-9-10-11-12-13-14-15-18-16-19(29-24-18)21(26)20(23-17(3)25)22(27)28-5-2/h16,20-21,26H,4-15H2,1-3H3,(H,23,25). The second-order valence-electron chi connectivity index (χ2n) is 7.53. The van der Waals surface area contributed by atoms with Gasteiger partial charge in [-0.3, -0.25) is 4.79 Å². The van der Waals surface area contributed by atoms with E-state index in [2.05, 4.69) is 17.4 Å². The van der Waals surface area contributed by atoms with Crippen molar-refractivity contribution in [3.8, 4) is 0 Å². The van der Waals surface area contributed by atoms with Gasteiger partial charge in [-0.1, -0.05) is 69.9 Å². The molecular formula is C22H38N2O5. The van der Waals surface area contributed by atoms with Crippen LogP contribution in [0.5, 0.6) is 0 Å². The minimum absolute atomic E-state index is 0.152. The zero-order chi connectivity index (χ0) is 21.5. The zero-order valence-electron chi connectivity index (χ0n) is 18.2. The minimum Gasteiger partial charge on any atom is -0.464 e. The molecule has 166 valence electrons. The Labute approximate surface area is 174 Å². The highest BCUT2D eigenvalue weighted by Gasteiger charge is 2.33. The van der Waals surface area contributed by atoms with Crippen LogP contribution in [0.25, 0.3) is 0 Å². The number of unbranched alkanes of at least 4 members (excludes halogenated alkanes) is 9. The number of hydrogen-bond acceptors (Lipinski definition) is 6. The van der Waals surface area contributed by atoms with Crippen molar-refractivity contribution in [2.75, 3.05) is 6.61 Å². The average molecular weight is 411 g/mol. The highest BCUT2D eigenvalue weighted by atomic mass is 16.5. The molecule has 0 aliphatic heterocycles. The Balaban J connectivity index is 2.35. The van der Waals surface area contributed by atoms with Crippen LogP contribution in [0.3, 0.4) is 0 Å². The summed E-state index contributed by atoms with van der Waals surface area (Å²) in [6.45, 7) is 5.33. The lowest BCUT2D eigenvalue weighted by atomic mass is 10.0. The van der Waals surface area contributed by atoms with Gasteiger partial charge in [-0.05, 0) is 19.8 Å². The van der Waals surface area contributed by atoms with Crippen molar-refractivity contribution in [1.29, 1.82) is 0 Å². The Kier molecular flexibility index (Phi) is 13.0. The number of aromatic nitrogens is 1. The number of carbonyl (C=O) groups excluding carboxylic acids is 2. The first-order chi connectivity index (χ1) is 14.0. The van der Waals surface area contributed by atoms with Gasteiger partial charge < -0.3 is 19.7 Å². The van der Waals surface area contributed by atoms with Crippen molar-refractivity contribution in [1.82, 2.24) is 10.5 Å². The number of nitrogens with one attached hydrogen (secondary N) is 1. The van der Waals surface area contributed by atoms with E-state index in [9.17, 15) is 14.7 Å². The van der Waals surface area contributed by atoms with Gasteiger partial charge in [-0.2, -0.15) is 0 Å². The lowest BCUT2D eigenvalue weighted by Gasteiger charge is -2.19. The van der Waals surface area contributed by atoms with Crippen LogP contribution in [0.4, 0.5) is 0 Å². The monoisotopic (exact) mass is 410 g/mol. The summed E-state index contributed by atoms with van der Waals surface area (Å²) < 4.78 is 10.1. The number of aliphatic hydroxyl groups excluding tert-OH is 1. The predicted molar refractivity (Wildman–Crippen MR) is 111 cm³/mol. The van der Waals surface area contributed by atoms with Crippen LogP contribution in [0.1, 0.15) is 103 Å². The maximum Gasteiger partial charge on any atom is 0.331 e. The van der Waals surface area contributed by atoms with Gasteiger partial charge in [0.2, 0.25) is 5.91 Å². The van der Waals surface area contributed by atoms with E-state index < -0.39 is 24.0 Å². The lowest BCUT2D eigenvalue weighted by molar-refractivity contribution is -0.151. The third-order valence-electron chi connectivity index (χ3n) is 4.87. The summed E-state index contributed by atoms with van der Waals surface area (Å²) in [5, 5.41) is 16.8. The third-order valence-corrected chi connectivity index (χ3v) is 4.87. The average Bonchev–Trinajstić information content (AvgIpc) is 3.16. The van der Waals surface area contributed by atoms with Crippen molar-refractivity contribution in [3.05, 3.63) is 17.5 Å². The first-order valence-corrected chi connectivity index (χ1v) is 11.1. The SMILES string of the molecule is CCCCCCCCCCCCc1cc(C(O)C(NC(C)=O)C(=O)OCC)on1. The molecule has 7 heteroatoms. The second kappa shape index (κ2) is 15.0. The molecular weight excluding hydrogens is 372 g/mol. The van der Waals surface area contributed by atoms with Crippen LogP contribution in [-0.4, -0.2) is 34.8 Å². The molecule has 0 aliphatic carbocycles. The van der Waals surface area contributed by atoms with Crippen LogP contribution in [0, 0.1) is 0 Å². The minimum atomic E-state index is -1.34. The summed E-state index contributed by atoms with van der Waals surface area (Å²) in [5.41, 5.74) is 0.740. The molecule has 1 aromatic heterocycles. The Hall–Kier alpha value is -1.89. The highest BCUT2D eigenvalue weighted by molar-refractivity contribution is 5.83. The van der Waals surface area contributed by atoms with E-state index in [1.807, 2.05) is 0 Å². The number of nitrogens with zero attached hydrogens (tertiary/aromatic N) is 1. The maximum atomic E-state index is 12.0. The Bertz CT molecular complexity index is 588. The van der Waals surface area contributed by atoms with Gasteiger partial charge in [0.05, 0.1) is 12.3 Å². The fraction of sp³-hybridized carbons (Fsp3) is 0.773. The van der Waals surface area contributed by atoms with Crippen LogP contribution in [0.2, 0.25) is 0 Å². The lowest BCUT2D eigenvalue weighted by Crippen LogP contribution is -2.45. The molecule has 1 heterocycles. The fourth-order valence-corrected chi connectivity index (χ4v) is 3.26. The molecule has 2 atom stereocenters. The molecule has 0 aliphatic rings. The van der Waals surface area contributed by atoms with Gasteiger partial charge in [0.1, 0.15) is 6.10 Å². The number of aliphatic hydroxyl groups is 1. The van der Waals surface area contributed by atoms with Gasteiger partial charge in [-0.15, -0.1) is 0 Å². The summed E-state index contributed by atoms with van der Waals surface area (Å²) in [4.78, 5) is 23.4. The van der Waals surface area contributed by atoms with Crippen LogP contribution in [-0.2, 0) is 20.7 Å². The largest absolute Gasteiger partial charge is 0.464 e. The van der Waals surface area contributed by atoms with Crippen molar-refractivity contribution < 1.29 is 24.0 Å². The quantitative estimate of drug-likeness (QED) is 0.312. The molecule has 1 rings (SSSR count). The first kappa shape index (κ1) is 25.1. The number of ether oxygens (including phenoxy) is 1. The van der Waals surface area contributed by atoms with E-state index >= 15 is 0 Å². The van der Waals surface area contributed by atoms with Crippen molar-refractivity contribution >= 4 is 11.9 Å². The number of carbonyl (C=O) groups is 2. The summed E-state index contributed by atoms with van der Waals surface area (Å²) >= 11 is 0. The molecule has 29 heavy (non-hydrogen) atoms. The normalized spacial score (nSPS) is 13.1. The predicted octanol–water partition coefficient (Wildman–Crippen LogP) is 4.24. The van der Waals surface area contributed by atoms with E-state index in [1.165, 1.54) is 58.3 Å². The molecule has 0 saturated heterocycles. The van der Waals surface area contributed by atoms with Crippen LogP contribution < -0.4 is 5.32 Å². The maximum absolute atomic E-state index is 12.0. The summed E-state index contributed by atoms with van der Waals surface area (Å²) in [5.74, 6) is -0.992. The Morgan fingerprint density at radius 1 is 1.07 bits per heavy atom. The Morgan fingerprint density at radius 3 is 2.21 bits per heavy atom. The van der Waals surface area contributed by atoms with Crippen molar-refractivity contribution in [2.24, 2.45) is 0 Å². The summed E-state index contributed by atoms with van der Waals surface area (Å²) in [6.07, 6.45) is 12.0. The molecule has 0 bridgehead atoms. The van der Waals surface area contributed by atoms with Crippen molar-refractivity contribution in [2.45, 2.75) is 104 Å². The zero-order valence-corrected chi connectivity index (χ0v) is 18.2. The van der Waals surface area contributed by atoms with Crippen molar-refractivity contribution in [3.63, 3.8) is 0 Å². The highest BCUT2D eigenvalue weighted by Crippen LogP contribution is 2.20. The fourth-order valence-electron chi connectivity index (χ4n) is 3.26. The van der Waals surface area contributed by atoms with E-state index in [-0.39, 0.29) is 12.4 Å². The molecule has 0 fully saturated rings. The number of rotatable bonds is 16. The Morgan fingerprint density at radius 2 is 1.66 bits per heavy atom. The number of aryl methyl sites for hydroxylation is 1. The van der Waals surface area contributed by atoms with E-state index in [4.69, 9.17) is 9.26 Å². The molecule has 7 nitrogen and oxygen atoms in total. The molecule has 2 unspecified atom stereocenters. The smallest absolute Gasteiger partial charge is 0.331 e. The van der Waals surface area contributed by atoms with Gasteiger partial charge in [0.15, 0.2) is 11.8 Å². The number of amides is 1. The van der Waals surface area contributed by atoms with Gasteiger partial charge in [0.25, 0.3) is 0 Å². The van der Waals surface area contributed by atoms with Crippen LogP contribution >= 0.6 is 0 Å². The molecule has 0 aromatic carbocycles.